The summed E-state index contributed by atoms with van der Waals surface area (Å²) in [6.45, 7) is 1.51. The number of rotatable bonds is 6. The van der Waals surface area contributed by atoms with Crippen molar-refractivity contribution in [3.8, 4) is 6.07 Å². The van der Waals surface area contributed by atoms with Crippen molar-refractivity contribution in [1.29, 1.82) is 5.26 Å². The van der Waals surface area contributed by atoms with Crippen molar-refractivity contribution < 1.29 is 16.8 Å². The van der Waals surface area contributed by atoms with E-state index in [9.17, 15) is 16.8 Å². The molecule has 88 valence electrons. The van der Waals surface area contributed by atoms with Crippen LogP contribution in [-0.4, -0.2) is 52.0 Å². The van der Waals surface area contributed by atoms with E-state index in [-0.39, 0.29) is 13.1 Å². The van der Waals surface area contributed by atoms with E-state index in [4.69, 9.17) is 5.26 Å². The first-order valence-corrected chi connectivity index (χ1v) is 7.92. The van der Waals surface area contributed by atoms with Crippen LogP contribution in [0.2, 0.25) is 0 Å². The highest BCUT2D eigenvalue weighted by Gasteiger charge is 2.21. The number of hydrogen-bond donors (Lipinski definition) is 0. The van der Waals surface area contributed by atoms with Gasteiger partial charge in [0.25, 0.3) is 0 Å². The van der Waals surface area contributed by atoms with Crippen molar-refractivity contribution in [2.45, 2.75) is 6.92 Å². The second-order valence-corrected chi connectivity index (χ2v) is 7.38. The molecule has 0 aromatic carbocycles. The Balaban J connectivity index is 4.62. The maximum absolute atomic E-state index is 11.5. The van der Waals surface area contributed by atoms with Gasteiger partial charge in [-0.1, -0.05) is 6.92 Å². The number of nitrogens with zero attached hydrogens (tertiary/aromatic N) is 2. The summed E-state index contributed by atoms with van der Waals surface area (Å²) in [5, 5.41) is 8.38. The Bertz CT molecular complexity index is 432. The molecule has 15 heavy (non-hydrogen) atoms. The number of sulfone groups is 1. The topological polar surface area (TPSA) is 95.3 Å². The maximum atomic E-state index is 11.5. The summed E-state index contributed by atoms with van der Waals surface area (Å²) >= 11 is 0. The summed E-state index contributed by atoms with van der Waals surface area (Å²) in [6, 6.07) is 1.72. The largest absolute Gasteiger partial charge is 0.229 e. The lowest BCUT2D eigenvalue weighted by atomic mass is 10.6. The Morgan fingerprint density at radius 2 is 1.73 bits per heavy atom. The fraction of sp³-hybridized carbons (Fsp3) is 0.857. The Morgan fingerprint density at radius 1 is 1.20 bits per heavy atom. The van der Waals surface area contributed by atoms with E-state index in [0.29, 0.717) is 0 Å². The predicted molar refractivity (Wildman–Crippen MR) is 56.4 cm³/mol. The van der Waals surface area contributed by atoms with Crippen LogP contribution in [0.25, 0.3) is 0 Å². The highest BCUT2D eigenvalue weighted by molar-refractivity contribution is 7.93. The van der Waals surface area contributed by atoms with Gasteiger partial charge in [0.2, 0.25) is 10.0 Å². The van der Waals surface area contributed by atoms with Crippen LogP contribution in [0.15, 0.2) is 0 Å². The van der Waals surface area contributed by atoms with Crippen LogP contribution in [0.4, 0.5) is 0 Å². The molecule has 0 fully saturated rings. The van der Waals surface area contributed by atoms with Gasteiger partial charge >= 0.3 is 0 Å². The minimum absolute atomic E-state index is 0.166. The number of sulfonamides is 1. The van der Waals surface area contributed by atoms with Crippen LogP contribution in [0, 0.1) is 11.3 Å². The monoisotopic (exact) mass is 254 g/mol. The SMILES string of the molecule is CCN(CC#N)S(=O)(=O)CCS(C)(=O)=O. The highest BCUT2D eigenvalue weighted by atomic mass is 32.2. The van der Waals surface area contributed by atoms with Gasteiger partial charge in [0.05, 0.1) is 17.6 Å². The van der Waals surface area contributed by atoms with Crippen LogP contribution in [0.5, 0.6) is 0 Å². The van der Waals surface area contributed by atoms with Crippen molar-refractivity contribution >= 4 is 19.9 Å². The molecule has 8 heteroatoms. The fourth-order valence-corrected chi connectivity index (χ4v) is 3.83. The van der Waals surface area contributed by atoms with E-state index in [2.05, 4.69) is 0 Å². The van der Waals surface area contributed by atoms with E-state index >= 15 is 0 Å². The summed E-state index contributed by atoms with van der Waals surface area (Å²) in [7, 11) is -6.94. The molecule has 0 aliphatic carbocycles. The Kier molecular flexibility index (Phi) is 5.20. The van der Waals surface area contributed by atoms with E-state index in [1.165, 1.54) is 0 Å². The third kappa shape index (κ3) is 5.71. The lowest BCUT2D eigenvalue weighted by Crippen LogP contribution is -2.35. The smallest absolute Gasteiger partial charge is 0.216 e. The van der Waals surface area contributed by atoms with Gasteiger partial charge in [-0.3, -0.25) is 0 Å². The van der Waals surface area contributed by atoms with Crippen molar-refractivity contribution in [1.82, 2.24) is 4.31 Å². The zero-order valence-electron chi connectivity index (χ0n) is 8.67. The molecule has 0 aliphatic rings. The second kappa shape index (κ2) is 5.44. The van der Waals surface area contributed by atoms with E-state index in [0.717, 1.165) is 10.6 Å². The van der Waals surface area contributed by atoms with Crippen molar-refractivity contribution in [3.05, 3.63) is 0 Å². The van der Waals surface area contributed by atoms with Crippen LogP contribution in [-0.2, 0) is 19.9 Å². The molecule has 0 unspecified atom stereocenters. The van der Waals surface area contributed by atoms with Gasteiger partial charge in [0, 0.05) is 12.8 Å². The molecule has 6 nitrogen and oxygen atoms in total. The summed E-state index contributed by atoms with van der Waals surface area (Å²) in [5.74, 6) is -0.890. The van der Waals surface area contributed by atoms with Crippen LogP contribution in [0.1, 0.15) is 6.92 Å². The molecule has 0 radical (unpaired) electrons. The average Bonchev–Trinajstić information content (AvgIpc) is 2.10. The fourth-order valence-electron chi connectivity index (χ4n) is 0.871. The van der Waals surface area contributed by atoms with Gasteiger partial charge in [-0.2, -0.15) is 9.57 Å². The maximum Gasteiger partial charge on any atom is 0.216 e. The third-order valence-corrected chi connectivity index (χ3v) is 4.80. The second-order valence-electron chi connectivity index (χ2n) is 3.03. The zero-order valence-corrected chi connectivity index (χ0v) is 10.3. The molecule has 0 amide bonds. The molecule has 0 bridgehead atoms. The molecule has 0 aliphatic heterocycles. The molecule has 0 aromatic rings. The molecule has 0 atom stereocenters. The van der Waals surface area contributed by atoms with Crippen molar-refractivity contribution in [3.63, 3.8) is 0 Å². The molecule has 0 saturated heterocycles. The van der Waals surface area contributed by atoms with E-state index < -0.39 is 31.4 Å². The lowest BCUT2D eigenvalue weighted by Gasteiger charge is -2.16. The van der Waals surface area contributed by atoms with Crippen LogP contribution < -0.4 is 0 Å². The minimum atomic E-state index is -3.64. The van der Waals surface area contributed by atoms with Crippen molar-refractivity contribution in [2.24, 2.45) is 0 Å². The predicted octanol–water partition coefficient (Wildman–Crippen LogP) is -0.794. The summed E-state index contributed by atoms with van der Waals surface area (Å²) in [4.78, 5) is 0. The first-order valence-electron chi connectivity index (χ1n) is 4.25. The molecule has 0 N–H and O–H groups in total. The highest BCUT2D eigenvalue weighted by Crippen LogP contribution is 2.01. The molecular formula is C7H14N2O4S2. The molecule has 0 saturated carbocycles. The van der Waals surface area contributed by atoms with Crippen molar-refractivity contribution in [2.75, 3.05) is 30.9 Å². The molecular weight excluding hydrogens is 240 g/mol. The van der Waals surface area contributed by atoms with Gasteiger partial charge in [-0.05, 0) is 0 Å². The molecule has 0 aromatic heterocycles. The average molecular weight is 254 g/mol. The molecule has 0 heterocycles. The van der Waals surface area contributed by atoms with Gasteiger partial charge in [0.1, 0.15) is 16.4 Å². The first kappa shape index (κ1) is 14.3. The summed E-state index contributed by atoms with van der Waals surface area (Å²) < 4.78 is 45.6. The molecule has 0 spiro atoms. The lowest BCUT2D eigenvalue weighted by molar-refractivity contribution is 0.463. The Labute approximate surface area is 90.5 Å². The van der Waals surface area contributed by atoms with Crippen LogP contribution in [0.3, 0.4) is 0 Å². The van der Waals surface area contributed by atoms with Gasteiger partial charge in [-0.25, -0.2) is 16.8 Å². The van der Waals surface area contributed by atoms with E-state index in [1.807, 2.05) is 0 Å². The normalized spacial score (nSPS) is 12.7. The standard InChI is InChI=1S/C7H14N2O4S2/c1-3-9(5-4-8)15(12,13)7-6-14(2,10)11/h3,5-7H2,1-2H3. The number of nitriles is 1. The Hall–Kier alpha value is -0.650. The zero-order chi connectivity index (χ0) is 12.1. The third-order valence-electron chi connectivity index (χ3n) is 1.71. The summed E-state index contributed by atoms with van der Waals surface area (Å²) in [6.07, 6.45) is 0.975. The minimum Gasteiger partial charge on any atom is -0.229 e. The van der Waals surface area contributed by atoms with Crippen LogP contribution >= 0.6 is 0 Å². The van der Waals surface area contributed by atoms with Gasteiger partial charge in [0.15, 0.2) is 0 Å². The quantitative estimate of drug-likeness (QED) is 0.579. The Morgan fingerprint density at radius 3 is 2.07 bits per heavy atom. The van der Waals surface area contributed by atoms with Gasteiger partial charge in [-0.15, -0.1) is 0 Å². The summed E-state index contributed by atoms with van der Waals surface area (Å²) in [5.41, 5.74) is 0. The first-order chi connectivity index (χ1) is 6.73. The molecule has 0 rings (SSSR count). The van der Waals surface area contributed by atoms with E-state index in [1.54, 1.807) is 13.0 Å². The van der Waals surface area contributed by atoms with Gasteiger partial charge < -0.3 is 0 Å². The number of hydrogen-bond acceptors (Lipinski definition) is 5.